The Hall–Kier alpha value is -3.36. The van der Waals surface area contributed by atoms with E-state index >= 15 is 0 Å². The van der Waals surface area contributed by atoms with Gasteiger partial charge in [0.05, 0.1) is 24.7 Å². The molecule has 34 heavy (non-hydrogen) atoms. The van der Waals surface area contributed by atoms with Gasteiger partial charge in [0.2, 0.25) is 0 Å². The molecule has 176 valence electrons. The molecule has 1 fully saturated rings. The van der Waals surface area contributed by atoms with Gasteiger partial charge in [-0.05, 0) is 65.8 Å². The maximum atomic E-state index is 13.0. The molecule has 4 aromatic rings. The molecule has 2 aromatic carbocycles. The lowest BCUT2D eigenvalue weighted by molar-refractivity contribution is 0.0914. The Morgan fingerprint density at radius 3 is 2.76 bits per heavy atom. The van der Waals surface area contributed by atoms with Crippen LogP contribution < -0.4 is 5.56 Å². The molecule has 0 saturated carbocycles. The number of aromatic amines is 1. The van der Waals surface area contributed by atoms with Crippen molar-refractivity contribution in [3.63, 3.8) is 0 Å². The average Bonchev–Trinajstić information content (AvgIpc) is 3.48. The van der Waals surface area contributed by atoms with Crippen LogP contribution in [0.15, 0.2) is 53.3 Å². The number of tetrazole rings is 1. The van der Waals surface area contributed by atoms with E-state index in [0.29, 0.717) is 26.2 Å². The minimum absolute atomic E-state index is 0.0588. The quantitative estimate of drug-likeness (QED) is 0.435. The molecule has 0 unspecified atom stereocenters. The van der Waals surface area contributed by atoms with Gasteiger partial charge < -0.3 is 9.72 Å². The molecule has 0 radical (unpaired) electrons. The number of benzene rings is 2. The second-order valence-corrected chi connectivity index (χ2v) is 9.21. The number of nitrogens with zero attached hydrogens (tertiary/aromatic N) is 5. The number of ether oxygens (including phenoxy) is 1. The van der Waals surface area contributed by atoms with Crippen LogP contribution in [0.3, 0.4) is 0 Å². The van der Waals surface area contributed by atoms with Gasteiger partial charge in [0.15, 0.2) is 5.82 Å². The largest absolute Gasteiger partial charge is 0.376 e. The molecule has 0 spiro atoms. The molecular formula is C26H30N6O2. The molecule has 8 nitrogen and oxygen atoms in total. The molecule has 1 atom stereocenters. The van der Waals surface area contributed by atoms with Crippen molar-refractivity contribution in [3.8, 4) is 0 Å². The lowest BCUT2D eigenvalue weighted by Crippen LogP contribution is -2.29. The van der Waals surface area contributed by atoms with Crippen LogP contribution in [-0.2, 0) is 30.9 Å². The number of H-pyrrole nitrogens is 1. The monoisotopic (exact) mass is 458 g/mol. The van der Waals surface area contributed by atoms with Crippen molar-refractivity contribution in [3.05, 3.63) is 87.0 Å². The average molecular weight is 459 g/mol. The van der Waals surface area contributed by atoms with Gasteiger partial charge in [-0.2, -0.15) is 0 Å². The molecule has 0 amide bonds. The lowest BCUT2D eigenvalue weighted by Gasteiger charge is -2.22. The number of hydrogen-bond donors (Lipinski definition) is 1. The highest BCUT2D eigenvalue weighted by atomic mass is 16.5. The zero-order valence-corrected chi connectivity index (χ0v) is 19.7. The molecule has 1 aliphatic rings. The summed E-state index contributed by atoms with van der Waals surface area (Å²) in [6, 6.07) is 16.5. The molecule has 0 aliphatic carbocycles. The van der Waals surface area contributed by atoms with Gasteiger partial charge in [0.1, 0.15) is 0 Å². The van der Waals surface area contributed by atoms with Gasteiger partial charge in [0, 0.05) is 25.3 Å². The fourth-order valence-corrected chi connectivity index (χ4v) is 4.76. The first-order valence-corrected chi connectivity index (χ1v) is 11.8. The SMILES string of the molecule is Cc1cc(C)c2[nH]c(=O)c(CN(Cc3ccccc3)Cc3nnnn3C[C@H]3CCCO3)cc2c1. The third-order valence-electron chi connectivity index (χ3n) is 6.38. The van der Waals surface area contributed by atoms with E-state index in [4.69, 9.17) is 4.74 Å². The number of pyridine rings is 1. The maximum Gasteiger partial charge on any atom is 0.252 e. The predicted molar refractivity (Wildman–Crippen MR) is 130 cm³/mol. The number of fused-ring (bicyclic) bond motifs is 1. The summed E-state index contributed by atoms with van der Waals surface area (Å²) < 4.78 is 7.62. The Morgan fingerprint density at radius 1 is 1.12 bits per heavy atom. The van der Waals surface area contributed by atoms with Crippen LogP contribution in [0.5, 0.6) is 0 Å². The number of rotatable bonds is 8. The zero-order valence-electron chi connectivity index (χ0n) is 19.7. The minimum Gasteiger partial charge on any atom is -0.376 e. The van der Waals surface area contributed by atoms with Crippen molar-refractivity contribution in [2.45, 2.75) is 59.0 Å². The molecule has 1 aliphatic heterocycles. The van der Waals surface area contributed by atoms with Crippen molar-refractivity contribution in [1.29, 1.82) is 0 Å². The third kappa shape index (κ3) is 5.08. The zero-order chi connectivity index (χ0) is 23.5. The molecule has 1 saturated heterocycles. The molecule has 1 N–H and O–H groups in total. The predicted octanol–water partition coefficient (Wildman–Crippen LogP) is 3.51. The number of nitrogens with one attached hydrogen (secondary N) is 1. The highest BCUT2D eigenvalue weighted by Gasteiger charge is 2.21. The van der Waals surface area contributed by atoms with Crippen molar-refractivity contribution in [1.82, 2.24) is 30.1 Å². The highest BCUT2D eigenvalue weighted by Crippen LogP contribution is 2.20. The van der Waals surface area contributed by atoms with E-state index in [0.717, 1.165) is 47.3 Å². The minimum atomic E-state index is -0.0588. The van der Waals surface area contributed by atoms with Crippen molar-refractivity contribution in [2.75, 3.05) is 6.61 Å². The van der Waals surface area contributed by atoms with Crippen LogP contribution >= 0.6 is 0 Å². The van der Waals surface area contributed by atoms with Crippen molar-refractivity contribution < 1.29 is 4.74 Å². The molecule has 0 bridgehead atoms. The van der Waals surface area contributed by atoms with Crippen LogP contribution in [0.4, 0.5) is 0 Å². The first kappa shape index (κ1) is 22.4. The molecule has 2 aromatic heterocycles. The summed E-state index contributed by atoms with van der Waals surface area (Å²) in [4.78, 5) is 18.3. The van der Waals surface area contributed by atoms with Crippen molar-refractivity contribution >= 4 is 10.9 Å². The van der Waals surface area contributed by atoms with Crippen LogP contribution in [-0.4, -0.2) is 42.8 Å². The number of hydrogen-bond acceptors (Lipinski definition) is 6. The van der Waals surface area contributed by atoms with Crippen LogP contribution in [0.25, 0.3) is 10.9 Å². The second kappa shape index (κ2) is 9.87. The Labute approximate surface area is 198 Å². The fraction of sp³-hybridized carbons (Fsp3) is 0.385. The summed E-state index contributed by atoms with van der Waals surface area (Å²) in [5.74, 6) is 0.773. The summed E-state index contributed by atoms with van der Waals surface area (Å²) in [6.45, 7) is 7.24. The Balaban J connectivity index is 1.43. The van der Waals surface area contributed by atoms with E-state index in [9.17, 15) is 4.79 Å². The fourth-order valence-electron chi connectivity index (χ4n) is 4.76. The van der Waals surface area contributed by atoms with Gasteiger partial charge in [-0.15, -0.1) is 5.10 Å². The van der Waals surface area contributed by atoms with Gasteiger partial charge in [-0.3, -0.25) is 9.69 Å². The summed E-state index contributed by atoms with van der Waals surface area (Å²) in [7, 11) is 0. The second-order valence-electron chi connectivity index (χ2n) is 9.21. The van der Waals surface area contributed by atoms with E-state index in [1.807, 2.05) is 35.9 Å². The van der Waals surface area contributed by atoms with Crippen LogP contribution in [0, 0.1) is 13.8 Å². The molecule has 3 heterocycles. The summed E-state index contributed by atoms with van der Waals surface area (Å²) in [6.07, 6.45) is 2.25. The summed E-state index contributed by atoms with van der Waals surface area (Å²) >= 11 is 0. The van der Waals surface area contributed by atoms with Gasteiger partial charge in [0.25, 0.3) is 5.56 Å². The van der Waals surface area contributed by atoms with E-state index in [2.05, 4.69) is 56.6 Å². The van der Waals surface area contributed by atoms with Crippen LogP contribution in [0.2, 0.25) is 0 Å². The normalized spacial score (nSPS) is 16.0. The molecule has 5 rings (SSSR count). The summed E-state index contributed by atoms with van der Waals surface area (Å²) in [5.41, 5.74) is 4.99. The lowest BCUT2D eigenvalue weighted by atomic mass is 10.0. The third-order valence-corrected chi connectivity index (χ3v) is 6.38. The maximum absolute atomic E-state index is 13.0. The topological polar surface area (TPSA) is 88.9 Å². The molecule has 8 heteroatoms. The highest BCUT2D eigenvalue weighted by molar-refractivity contribution is 5.82. The van der Waals surface area contributed by atoms with Gasteiger partial charge in [-0.25, -0.2) is 4.68 Å². The Bertz CT molecular complexity index is 1320. The standard InChI is InChI=1S/C26H30N6O2/c1-18-11-19(2)25-21(12-18)13-22(26(33)27-25)15-31(14-20-7-4-3-5-8-20)17-24-28-29-30-32(24)16-23-9-6-10-34-23/h3-5,7-8,11-13,23H,6,9-10,14-17H2,1-2H3,(H,27,33)/t23-/m1/s1. The van der Waals surface area contributed by atoms with E-state index in [1.165, 1.54) is 11.1 Å². The van der Waals surface area contributed by atoms with E-state index in [1.54, 1.807) is 0 Å². The smallest absolute Gasteiger partial charge is 0.252 e. The first-order chi connectivity index (χ1) is 16.5. The summed E-state index contributed by atoms with van der Waals surface area (Å²) in [5, 5.41) is 13.5. The van der Waals surface area contributed by atoms with Gasteiger partial charge in [-0.1, -0.05) is 42.0 Å². The van der Waals surface area contributed by atoms with E-state index < -0.39 is 0 Å². The van der Waals surface area contributed by atoms with E-state index in [-0.39, 0.29) is 11.7 Å². The van der Waals surface area contributed by atoms with Crippen molar-refractivity contribution in [2.24, 2.45) is 0 Å². The number of aryl methyl sites for hydroxylation is 2. The van der Waals surface area contributed by atoms with Crippen LogP contribution in [0.1, 0.15) is 40.9 Å². The Kier molecular flexibility index (Phi) is 6.51. The Morgan fingerprint density at radius 2 is 1.97 bits per heavy atom. The van der Waals surface area contributed by atoms with Gasteiger partial charge >= 0.3 is 0 Å². The number of aromatic nitrogens is 5. The first-order valence-electron chi connectivity index (χ1n) is 11.8. The molecular weight excluding hydrogens is 428 g/mol.